The van der Waals surface area contributed by atoms with Crippen LogP contribution >= 0.6 is 11.8 Å². The highest BCUT2D eigenvalue weighted by atomic mass is 32.2. The lowest BCUT2D eigenvalue weighted by Crippen LogP contribution is -2.11. The van der Waals surface area contributed by atoms with Crippen molar-refractivity contribution in [2.75, 3.05) is 5.75 Å². The minimum absolute atomic E-state index is 0.597. The molecule has 1 heterocycles. The van der Waals surface area contributed by atoms with Crippen LogP contribution in [0, 0.1) is 5.92 Å². The summed E-state index contributed by atoms with van der Waals surface area (Å²) in [6.07, 6.45) is 1.12. The Morgan fingerprint density at radius 3 is 2.70 bits per heavy atom. The molecule has 1 aliphatic rings. The number of nitrogens with zero attached hydrogens (tertiary/aromatic N) is 1. The van der Waals surface area contributed by atoms with Gasteiger partial charge in [0.2, 0.25) is 0 Å². The number of aliphatic imine (C=N–C) groups is 1. The van der Waals surface area contributed by atoms with Gasteiger partial charge in [0.15, 0.2) is 0 Å². The summed E-state index contributed by atoms with van der Waals surface area (Å²) in [5.74, 6) is 1.93. The van der Waals surface area contributed by atoms with Gasteiger partial charge in [-0.1, -0.05) is 20.8 Å². The molecule has 0 N–H and O–H groups in total. The van der Waals surface area contributed by atoms with Crippen LogP contribution in [-0.2, 0) is 0 Å². The van der Waals surface area contributed by atoms with Crippen LogP contribution in [0.4, 0.5) is 0 Å². The molecule has 0 saturated heterocycles. The number of hydrogen-bond donors (Lipinski definition) is 0. The van der Waals surface area contributed by atoms with Gasteiger partial charge in [0.1, 0.15) is 0 Å². The molecule has 0 radical (unpaired) electrons. The van der Waals surface area contributed by atoms with Gasteiger partial charge in [-0.25, -0.2) is 0 Å². The summed E-state index contributed by atoms with van der Waals surface area (Å²) in [6, 6.07) is 0.597. The maximum atomic E-state index is 4.59. The third-order valence-corrected chi connectivity index (χ3v) is 3.04. The zero-order chi connectivity index (χ0) is 7.56. The SMILES string of the molecule is CCC1=N[C@H](C(C)C)CS1. The van der Waals surface area contributed by atoms with Crippen LogP contribution in [0.25, 0.3) is 0 Å². The summed E-state index contributed by atoms with van der Waals surface area (Å²) in [4.78, 5) is 4.59. The van der Waals surface area contributed by atoms with E-state index in [-0.39, 0.29) is 0 Å². The molecule has 0 unspecified atom stereocenters. The van der Waals surface area contributed by atoms with Gasteiger partial charge in [0.05, 0.1) is 11.1 Å². The van der Waals surface area contributed by atoms with Crippen molar-refractivity contribution in [3.8, 4) is 0 Å². The van der Waals surface area contributed by atoms with E-state index < -0.39 is 0 Å². The maximum absolute atomic E-state index is 4.59. The van der Waals surface area contributed by atoms with Gasteiger partial charge >= 0.3 is 0 Å². The molecule has 0 aromatic rings. The maximum Gasteiger partial charge on any atom is 0.0677 e. The quantitative estimate of drug-likeness (QED) is 0.600. The number of rotatable bonds is 2. The Labute approximate surface area is 67.3 Å². The largest absolute Gasteiger partial charge is 0.278 e. The smallest absolute Gasteiger partial charge is 0.0677 e. The lowest BCUT2D eigenvalue weighted by molar-refractivity contribution is 0.543. The topological polar surface area (TPSA) is 12.4 Å². The molecule has 1 nitrogen and oxygen atoms in total. The summed E-state index contributed by atoms with van der Waals surface area (Å²) in [6.45, 7) is 6.66. The molecular formula is C8H15NS. The molecule has 1 aliphatic heterocycles. The molecular weight excluding hydrogens is 142 g/mol. The Hall–Kier alpha value is 0.0200. The lowest BCUT2D eigenvalue weighted by atomic mass is 10.1. The minimum atomic E-state index is 0.597. The highest BCUT2D eigenvalue weighted by molar-refractivity contribution is 8.14. The monoisotopic (exact) mass is 157 g/mol. The van der Waals surface area contributed by atoms with Gasteiger partial charge < -0.3 is 0 Å². The molecule has 10 heavy (non-hydrogen) atoms. The second-order valence-electron chi connectivity index (χ2n) is 3.00. The molecule has 1 atom stereocenters. The molecule has 0 amide bonds. The van der Waals surface area contributed by atoms with E-state index in [4.69, 9.17) is 0 Å². The third kappa shape index (κ3) is 1.75. The average molecular weight is 157 g/mol. The Kier molecular flexibility index (Phi) is 2.78. The lowest BCUT2D eigenvalue weighted by Gasteiger charge is -2.07. The van der Waals surface area contributed by atoms with Crippen molar-refractivity contribution in [1.82, 2.24) is 0 Å². The number of thioether (sulfide) groups is 1. The van der Waals surface area contributed by atoms with E-state index in [2.05, 4.69) is 25.8 Å². The van der Waals surface area contributed by atoms with E-state index in [0.29, 0.717) is 6.04 Å². The van der Waals surface area contributed by atoms with Crippen LogP contribution < -0.4 is 0 Å². The predicted octanol–water partition coefficient (Wildman–Crippen LogP) is 2.57. The molecule has 0 spiro atoms. The van der Waals surface area contributed by atoms with Crippen molar-refractivity contribution in [3.63, 3.8) is 0 Å². The van der Waals surface area contributed by atoms with E-state index >= 15 is 0 Å². The van der Waals surface area contributed by atoms with Crippen LogP contribution in [0.15, 0.2) is 4.99 Å². The first kappa shape index (κ1) is 8.12. The molecule has 58 valence electrons. The Bertz CT molecular complexity index is 140. The average Bonchev–Trinajstić information content (AvgIpc) is 2.34. The zero-order valence-electron chi connectivity index (χ0n) is 6.92. The van der Waals surface area contributed by atoms with Gasteiger partial charge in [0, 0.05) is 5.75 Å². The normalized spacial score (nSPS) is 25.6. The highest BCUT2D eigenvalue weighted by Crippen LogP contribution is 2.24. The van der Waals surface area contributed by atoms with Crippen molar-refractivity contribution < 1.29 is 0 Å². The molecule has 1 rings (SSSR count). The van der Waals surface area contributed by atoms with Crippen molar-refractivity contribution in [1.29, 1.82) is 0 Å². The van der Waals surface area contributed by atoms with Crippen LogP contribution in [0.3, 0.4) is 0 Å². The van der Waals surface area contributed by atoms with Crippen LogP contribution in [0.5, 0.6) is 0 Å². The summed E-state index contributed by atoms with van der Waals surface area (Å²) < 4.78 is 0. The van der Waals surface area contributed by atoms with Crippen molar-refractivity contribution in [2.45, 2.75) is 33.2 Å². The molecule has 0 aromatic heterocycles. The van der Waals surface area contributed by atoms with Gasteiger partial charge in [0.25, 0.3) is 0 Å². The fourth-order valence-electron chi connectivity index (χ4n) is 0.976. The second-order valence-corrected chi connectivity index (χ2v) is 4.09. The van der Waals surface area contributed by atoms with Gasteiger partial charge in [-0.05, 0) is 12.3 Å². The van der Waals surface area contributed by atoms with Crippen LogP contribution in [-0.4, -0.2) is 16.8 Å². The van der Waals surface area contributed by atoms with Gasteiger partial charge in [-0.3, -0.25) is 4.99 Å². The van der Waals surface area contributed by atoms with E-state index in [1.165, 1.54) is 10.8 Å². The first-order valence-corrected chi connectivity index (χ1v) is 4.92. The van der Waals surface area contributed by atoms with E-state index in [0.717, 1.165) is 12.3 Å². The fraction of sp³-hybridized carbons (Fsp3) is 0.875. The summed E-state index contributed by atoms with van der Waals surface area (Å²) in [7, 11) is 0. The molecule has 0 fully saturated rings. The minimum Gasteiger partial charge on any atom is -0.278 e. The van der Waals surface area contributed by atoms with E-state index in [9.17, 15) is 0 Å². The molecule has 0 aromatic carbocycles. The fourth-order valence-corrected chi connectivity index (χ4v) is 2.21. The van der Waals surface area contributed by atoms with Gasteiger partial charge in [-0.15, -0.1) is 11.8 Å². The van der Waals surface area contributed by atoms with E-state index in [1.54, 1.807) is 0 Å². The number of hydrogen-bond acceptors (Lipinski definition) is 2. The zero-order valence-corrected chi connectivity index (χ0v) is 7.74. The van der Waals surface area contributed by atoms with Crippen molar-refractivity contribution in [3.05, 3.63) is 0 Å². The van der Waals surface area contributed by atoms with Crippen LogP contribution in [0.2, 0.25) is 0 Å². The molecule has 0 saturated carbocycles. The third-order valence-electron chi connectivity index (χ3n) is 1.80. The summed E-state index contributed by atoms with van der Waals surface area (Å²) in [5, 5.41) is 1.35. The Morgan fingerprint density at radius 2 is 2.40 bits per heavy atom. The summed E-state index contributed by atoms with van der Waals surface area (Å²) in [5.41, 5.74) is 0. The summed E-state index contributed by atoms with van der Waals surface area (Å²) >= 11 is 1.93. The predicted molar refractivity (Wildman–Crippen MR) is 48.8 cm³/mol. The molecule has 0 bridgehead atoms. The van der Waals surface area contributed by atoms with Crippen LogP contribution in [0.1, 0.15) is 27.2 Å². The molecule has 2 heteroatoms. The highest BCUT2D eigenvalue weighted by Gasteiger charge is 2.19. The van der Waals surface area contributed by atoms with Gasteiger partial charge in [-0.2, -0.15) is 0 Å². The first-order valence-electron chi connectivity index (χ1n) is 3.93. The second kappa shape index (κ2) is 3.42. The Morgan fingerprint density at radius 1 is 1.70 bits per heavy atom. The van der Waals surface area contributed by atoms with Crippen molar-refractivity contribution >= 4 is 16.8 Å². The van der Waals surface area contributed by atoms with E-state index in [1.807, 2.05) is 11.8 Å². The Balaban J connectivity index is 2.47. The molecule has 0 aliphatic carbocycles. The van der Waals surface area contributed by atoms with Crippen molar-refractivity contribution in [2.24, 2.45) is 10.9 Å². The standard InChI is InChI=1S/C8H15NS/c1-4-8-9-7(5-10-8)6(2)3/h6-7H,4-5H2,1-3H3/t7-/m0/s1. The first-order chi connectivity index (χ1) is 4.74.